The molecule has 2 heterocycles. The number of carboxylic acid groups (broad SMARTS) is 1. The molecule has 1 unspecified atom stereocenters. The summed E-state index contributed by atoms with van der Waals surface area (Å²) < 4.78 is 45.7. The highest BCUT2D eigenvalue weighted by Gasteiger charge is 2.38. The molecule has 200 valence electrons. The van der Waals surface area contributed by atoms with E-state index in [1.165, 1.54) is 12.8 Å². The first-order valence-electron chi connectivity index (χ1n) is 11.5. The van der Waals surface area contributed by atoms with E-state index < -0.39 is 12.1 Å². The number of allylic oxidation sites excluding steroid dienone is 1. The van der Waals surface area contributed by atoms with Gasteiger partial charge in [-0.1, -0.05) is 23.4 Å². The minimum atomic E-state index is -5.08. The van der Waals surface area contributed by atoms with Crippen molar-refractivity contribution in [1.29, 1.82) is 0 Å². The van der Waals surface area contributed by atoms with Crippen molar-refractivity contribution in [1.82, 2.24) is 30.7 Å². The van der Waals surface area contributed by atoms with Crippen molar-refractivity contribution in [2.24, 2.45) is 0 Å². The van der Waals surface area contributed by atoms with Gasteiger partial charge in [0, 0.05) is 19.0 Å². The van der Waals surface area contributed by atoms with Gasteiger partial charge < -0.3 is 19.7 Å². The summed E-state index contributed by atoms with van der Waals surface area (Å²) in [6.07, 6.45) is 2.42. The number of hydrogen-bond acceptors (Lipinski definition) is 8. The van der Waals surface area contributed by atoms with Gasteiger partial charge in [-0.2, -0.15) is 13.2 Å². The number of halogens is 4. The zero-order valence-corrected chi connectivity index (χ0v) is 21.3. The van der Waals surface area contributed by atoms with Crippen molar-refractivity contribution in [3.8, 4) is 5.75 Å². The molecule has 2 aromatic heterocycles. The average molecular weight is 587 g/mol. The van der Waals surface area contributed by atoms with E-state index in [2.05, 4.69) is 60.6 Å². The number of ether oxygens (including phenoxy) is 1. The van der Waals surface area contributed by atoms with Gasteiger partial charge in [-0.25, -0.2) is 9.48 Å². The second-order valence-corrected chi connectivity index (χ2v) is 8.97. The third-order valence-corrected chi connectivity index (χ3v) is 5.78. The highest BCUT2D eigenvalue weighted by atomic mass is 79.9. The normalized spacial score (nSPS) is 14.6. The molecule has 0 aliphatic heterocycles. The Balaban J connectivity index is 0.000000479. The molecule has 1 aromatic carbocycles. The average Bonchev–Trinajstić information content (AvgIpc) is 3.61. The van der Waals surface area contributed by atoms with Crippen LogP contribution in [0.2, 0.25) is 0 Å². The molecular formula is C23H26BrF3N6O4. The zero-order chi connectivity index (χ0) is 26.8. The monoisotopic (exact) mass is 586 g/mol. The van der Waals surface area contributed by atoms with Crippen LogP contribution in [-0.2, 0) is 17.8 Å². The van der Waals surface area contributed by atoms with Crippen LogP contribution in [0.1, 0.15) is 48.9 Å². The fourth-order valence-electron chi connectivity index (χ4n) is 3.74. The zero-order valence-electron chi connectivity index (χ0n) is 19.7. The maximum atomic E-state index is 10.6. The first kappa shape index (κ1) is 28.3. The molecule has 1 atom stereocenters. The second kappa shape index (κ2) is 13.3. The van der Waals surface area contributed by atoms with Gasteiger partial charge in [-0.05, 0) is 69.7 Å². The number of alkyl halides is 3. The number of benzene rings is 1. The van der Waals surface area contributed by atoms with E-state index in [1.54, 1.807) is 10.8 Å². The van der Waals surface area contributed by atoms with Crippen LogP contribution >= 0.6 is 15.9 Å². The van der Waals surface area contributed by atoms with Crippen LogP contribution in [0.25, 0.3) is 0 Å². The van der Waals surface area contributed by atoms with Crippen molar-refractivity contribution in [2.45, 2.75) is 57.0 Å². The molecule has 0 amide bonds. The molecule has 0 saturated heterocycles. The highest BCUT2D eigenvalue weighted by molar-refractivity contribution is 9.10. The molecule has 3 aromatic rings. The van der Waals surface area contributed by atoms with E-state index in [4.69, 9.17) is 19.2 Å². The van der Waals surface area contributed by atoms with E-state index in [0.29, 0.717) is 30.2 Å². The van der Waals surface area contributed by atoms with Gasteiger partial charge in [0.15, 0.2) is 5.82 Å². The molecule has 1 aliphatic carbocycles. The lowest BCUT2D eigenvalue weighted by atomic mass is 10.1. The molecule has 0 radical (unpaired) electrons. The van der Waals surface area contributed by atoms with Gasteiger partial charge in [0.1, 0.15) is 16.1 Å². The Kier molecular flexibility index (Phi) is 10.2. The number of aromatic nitrogens is 5. The molecule has 0 bridgehead atoms. The summed E-state index contributed by atoms with van der Waals surface area (Å²) in [5.74, 6) is -0.343. The lowest BCUT2D eigenvalue weighted by Gasteiger charge is -2.20. The lowest BCUT2D eigenvalue weighted by Crippen LogP contribution is -2.28. The summed E-state index contributed by atoms with van der Waals surface area (Å²) in [6, 6.07) is 9.85. The molecular weight excluding hydrogens is 561 g/mol. The van der Waals surface area contributed by atoms with Gasteiger partial charge in [-0.15, -0.1) is 11.7 Å². The molecule has 10 nitrogen and oxygen atoms in total. The van der Waals surface area contributed by atoms with Gasteiger partial charge in [0.2, 0.25) is 0 Å². The molecule has 14 heteroatoms. The smallest absolute Gasteiger partial charge is 0.490 e. The molecule has 4 rings (SSSR count). The Hall–Kier alpha value is -3.26. The molecule has 1 fully saturated rings. The Morgan fingerprint density at radius 2 is 2.08 bits per heavy atom. The highest BCUT2D eigenvalue weighted by Crippen LogP contribution is 2.28. The fraction of sp³-hybridized carbons (Fsp3) is 0.435. The molecule has 37 heavy (non-hydrogen) atoms. The van der Waals surface area contributed by atoms with E-state index in [0.717, 1.165) is 35.7 Å². The van der Waals surface area contributed by atoms with E-state index >= 15 is 0 Å². The van der Waals surface area contributed by atoms with Gasteiger partial charge in [-0.3, -0.25) is 0 Å². The van der Waals surface area contributed by atoms with Crippen molar-refractivity contribution < 1.29 is 32.3 Å². The summed E-state index contributed by atoms with van der Waals surface area (Å²) >= 11 is 3.31. The van der Waals surface area contributed by atoms with Crippen LogP contribution in [0.3, 0.4) is 0 Å². The molecule has 0 spiro atoms. The second-order valence-electron chi connectivity index (χ2n) is 8.16. The van der Waals surface area contributed by atoms with Crippen LogP contribution in [0.4, 0.5) is 13.2 Å². The first-order valence-corrected chi connectivity index (χ1v) is 12.2. The van der Waals surface area contributed by atoms with Crippen LogP contribution < -0.4 is 10.1 Å². The largest absolute Gasteiger partial charge is 0.490 e. The van der Waals surface area contributed by atoms with Crippen molar-refractivity contribution >= 4 is 21.9 Å². The standard InChI is InChI=1S/C21H25BrN6O2.C2HF3O2/c1-2-12-28-21(24-26-27-28)20(23-11-10-18-14-19(22)25-30-18)15-6-5-9-17(13-15)29-16-7-3-4-8-16;3-2(4,5)1(6)7/h2,5-6,9,13-14,16,20,23H,1,3-4,7-8,10-12H2;(H,6,7). The van der Waals surface area contributed by atoms with E-state index in [9.17, 15) is 13.2 Å². The Morgan fingerprint density at radius 1 is 1.35 bits per heavy atom. The maximum Gasteiger partial charge on any atom is 0.490 e. The number of aliphatic carboxylic acids is 1. The predicted octanol–water partition coefficient (Wildman–Crippen LogP) is 4.49. The number of hydrogen-bond donors (Lipinski definition) is 2. The van der Waals surface area contributed by atoms with Crippen LogP contribution in [0, 0.1) is 0 Å². The molecule has 1 aliphatic rings. The number of carboxylic acids is 1. The third-order valence-electron chi connectivity index (χ3n) is 5.41. The van der Waals surface area contributed by atoms with E-state index in [1.807, 2.05) is 18.2 Å². The number of rotatable bonds is 10. The van der Waals surface area contributed by atoms with Gasteiger partial charge in [0.05, 0.1) is 18.7 Å². The van der Waals surface area contributed by atoms with Crippen LogP contribution in [0.5, 0.6) is 5.75 Å². The summed E-state index contributed by atoms with van der Waals surface area (Å²) in [7, 11) is 0. The quantitative estimate of drug-likeness (QED) is 0.330. The van der Waals surface area contributed by atoms with Crippen molar-refractivity contribution in [3.63, 3.8) is 0 Å². The molecule has 2 N–H and O–H groups in total. The van der Waals surface area contributed by atoms with Crippen LogP contribution in [0.15, 0.2) is 52.1 Å². The summed E-state index contributed by atoms with van der Waals surface area (Å²) in [6.45, 7) is 5.01. The topological polar surface area (TPSA) is 128 Å². The van der Waals surface area contributed by atoms with E-state index in [-0.39, 0.29) is 6.04 Å². The van der Waals surface area contributed by atoms with Crippen LogP contribution in [-0.4, -0.2) is 55.3 Å². The minimum absolute atomic E-state index is 0.196. The van der Waals surface area contributed by atoms with Gasteiger partial charge >= 0.3 is 12.1 Å². The predicted molar refractivity (Wildman–Crippen MR) is 129 cm³/mol. The Bertz CT molecular complexity index is 1160. The lowest BCUT2D eigenvalue weighted by molar-refractivity contribution is -0.192. The van der Waals surface area contributed by atoms with Crippen molar-refractivity contribution in [2.75, 3.05) is 6.54 Å². The van der Waals surface area contributed by atoms with Gasteiger partial charge in [0.25, 0.3) is 0 Å². The summed E-state index contributed by atoms with van der Waals surface area (Å²) in [5, 5.41) is 26.8. The Labute approximate surface area is 219 Å². The summed E-state index contributed by atoms with van der Waals surface area (Å²) in [4.78, 5) is 8.90. The Morgan fingerprint density at radius 3 is 2.70 bits per heavy atom. The maximum absolute atomic E-state index is 10.6. The molecule has 1 saturated carbocycles. The summed E-state index contributed by atoms with van der Waals surface area (Å²) in [5.41, 5.74) is 1.05. The first-order chi connectivity index (χ1) is 17.7. The minimum Gasteiger partial charge on any atom is -0.490 e. The fourth-order valence-corrected chi connectivity index (χ4v) is 4.07. The third kappa shape index (κ3) is 8.67. The number of nitrogens with zero attached hydrogens (tertiary/aromatic N) is 5. The SMILES string of the molecule is C=CCn1nnnc1C(NCCc1cc(Br)no1)c1cccc(OC2CCCC2)c1.O=C(O)C(F)(F)F. The number of nitrogens with one attached hydrogen (secondary N) is 1. The van der Waals surface area contributed by atoms with Crippen molar-refractivity contribution in [3.05, 3.63) is 64.7 Å². The number of tetrazole rings is 1. The number of carbonyl (C=O) groups is 1.